The molecule has 0 fully saturated rings. The van der Waals surface area contributed by atoms with Crippen LogP contribution in [-0.4, -0.2) is 19.5 Å². The van der Waals surface area contributed by atoms with Crippen molar-refractivity contribution in [3.8, 4) is 0 Å². The molecule has 2 heterocycles. The SMILES string of the molecule is Cc1cc2nc([S+]([O-])C3CCCc4cccnc43)[nH]c2cc1C. The second kappa shape index (κ2) is 5.65. The third-order valence-corrected chi connectivity index (χ3v) is 6.22. The predicted octanol–water partition coefficient (Wildman–Crippen LogP) is 3.76. The summed E-state index contributed by atoms with van der Waals surface area (Å²) in [5.74, 6) is 0. The average molecular weight is 325 g/mol. The zero-order valence-corrected chi connectivity index (χ0v) is 14.1. The normalized spacial score (nSPS) is 18.8. The van der Waals surface area contributed by atoms with Crippen LogP contribution in [0, 0.1) is 13.8 Å². The van der Waals surface area contributed by atoms with E-state index in [1.807, 2.05) is 6.07 Å². The van der Waals surface area contributed by atoms with Gasteiger partial charge in [-0.05, 0) is 61.6 Å². The summed E-state index contributed by atoms with van der Waals surface area (Å²) >= 11 is -1.21. The number of fused-ring (bicyclic) bond motifs is 2. The number of aromatic amines is 1. The first-order valence-electron chi connectivity index (χ1n) is 7.95. The number of hydrogen-bond donors (Lipinski definition) is 1. The van der Waals surface area contributed by atoms with Crippen LogP contribution in [0.3, 0.4) is 0 Å². The van der Waals surface area contributed by atoms with E-state index in [1.54, 1.807) is 6.20 Å². The maximum absolute atomic E-state index is 13.1. The standard InChI is InChI=1S/C18H19N3OS/c1-11-9-14-15(10-12(11)2)21-18(20-14)23(22)16-7-3-5-13-6-4-8-19-17(13)16/h4,6,8-10,16H,3,5,7H2,1-2H3,(H,20,21). The Labute approximate surface area is 138 Å². The Morgan fingerprint density at radius 3 is 2.96 bits per heavy atom. The Balaban J connectivity index is 1.74. The molecule has 1 aromatic carbocycles. The van der Waals surface area contributed by atoms with Crippen molar-refractivity contribution in [3.05, 3.63) is 52.8 Å². The van der Waals surface area contributed by atoms with Gasteiger partial charge in [-0.15, -0.1) is 0 Å². The van der Waals surface area contributed by atoms with Gasteiger partial charge < -0.3 is 4.55 Å². The molecule has 1 N–H and O–H groups in total. The van der Waals surface area contributed by atoms with E-state index in [9.17, 15) is 4.55 Å². The third-order valence-electron chi connectivity index (χ3n) is 4.67. The van der Waals surface area contributed by atoms with E-state index in [1.165, 1.54) is 16.7 Å². The molecule has 0 radical (unpaired) electrons. The Morgan fingerprint density at radius 1 is 1.26 bits per heavy atom. The first-order valence-corrected chi connectivity index (χ1v) is 9.16. The van der Waals surface area contributed by atoms with Crippen molar-refractivity contribution in [1.82, 2.24) is 15.0 Å². The lowest BCUT2D eigenvalue weighted by Crippen LogP contribution is -2.21. The van der Waals surface area contributed by atoms with Crippen LogP contribution < -0.4 is 0 Å². The fraction of sp³-hybridized carbons (Fsp3) is 0.333. The Bertz CT molecular complexity index is 835. The monoisotopic (exact) mass is 325 g/mol. The Morgan fingerprint density at radius 2 is 2.09 bits per heavy atom. The van der Waals surface area contributed by atoms with Crippen LogP contribution in [0.2, 0.25) is 0 Å². The number of imidazole rings is 1. The highest BCUT2D eigenvalue weighted by atomic mass is 32.2. The molecule has 0 saturated carbocycles. The van der Waals surface area contributed by atoms with Crippen molar-refractivity contribution >= 4 is 22.2 Å². The number of nitrogens with one attached hydrogen (secondary N) is 1. The second-order valence-electron chi connectivity index (χ2n) is 6.22. The molecule has 0 spiro atoms. The van der Waals surface area contributed by atoms with Gasteiger partial charge in [-0.2, -0.15) is 4.98 Å². The number of pyridine rings is 1. The first kappa shape index (κ1) is 14.7. The molecule has 1 aliphatic rings. The van der Waals surface area contributed by atoms with E-state index in [-0.39, 0.29) is 5.25 Å². The maximum atomic E-state index is 13.1. The van der Waals surface area contributed by atoms with E-state index in [0.29, 0.717) is 5.16 Å². The summed E-state index contributed by atoms with van der Waals surface area (Å²) in [4.78, 5) is 12.3. The number of aromatic nitrogens is 3. The number of rotatable bonds is 2. The van der Waals surface area contributed by atoms with E-state index >= 15 is 0 Å². The molecule has 4 nitrogen and oxygen atoms in total. The summed E-state index contributed by atoms with van der Waals surface area (Å²) in [6.07, 6.45) is 4.76. The highest BCUT2D eigenvalue weighted by Crippen LogP contribution is 2.37. The molecule has 0 bridgehead atoms. The molecule has 1 aliphatic carbocycles. The molecule has 0 aliphatic heterocycles. The molecule has 0 saturated heterocycles. The Kier molecular flexibility index (Phi) is 3.62. The minimum Gasteiger partial charge on any atom is -0.608 e. The molecule has 3 aromatic rings. The summed E-state index contributed by atoms with van der Waals surface area (Å²) < 4.78 is 13.1. The van der Waals surface area contributed by atoms with Gasteiger partial charge in [-0.25, -0.2) is 0 Å². The lowest BCUT2D eigenvalue weighted by Gasteiger charge is -2.24. The predicted molar refractivity (Wildman–Crippen MR) is 91.9 cm³/mol. The van der Waals surface area contributed by atoms with Gasteiger partial charge in [0.25, 0.3) is 0 Å². The van der Waals surface area contributed by atoms with Crippen LogP contribution in [0.1, 0.15) is 40.5 Å². The lowest BCUT2D eigenvalue weighted by atomic mass is 9.96. The summed E-state index contributed by atoms with van der Waals surface area (Å²) in [5.41, 5.74) is 6.45. The topological polar surface area (TPSA) is 64.6 Å². The highest BCUT2D eigenvalue weighted by molar-refractivity contribution is 7.91. The van der Waals surface area contributed by atoms with Crippen LogP contribution in [0.15, 0.2) is 35.6 Å². The summed E-state index contributed by atoms with van der Waals surface area (Å²) in [6.45, 7) is 4.15. The van der Waals surface area contributed by atoms with Gasteiger partial charge in [-0.1, -0.05) is 6.07 Å². The zero-order chi connectivity index (χ0) is 16.0. The molecular formula is C18H19N3OS. The second-order valence-corrected chi connectivity index (χ2v) is 7.77. The van der Waals surface area contributed by atoms with Crippen molar-refractivity contribution in [2.45, 2.75) is 43.5 Å². The molecule has 2 aromatic heterocycles. The summed E-state index contributed by atoms with van der Waals surface area (Å²) in [5, 5.41) is 0.496. The molecular weight excluding hydrogens is 306 g/mol. The molecule has 5 heteroatoms. The molecule has 23 heavy (non-hydrogen) atoms. The van der Waals surface area contributed by atoms with Crippen LogP contribution >= 0.6 is 0 Å². The number of nitrogens with zero attached hydrogens (tertiary/aromatic N) is 2. The van der Waals surface area contributed by atoms with Crippen molar-refractivity contribution < 1.29 is 4.55 Å². The molecule has 2 atom stereocenters. The van der Waals surface area contributed by atoms with Crippen molar-refractivity contribution in [2.24, 2.45) is 0 Å². The molecule has 2 unspecified atom stereocenters. The Hall–Kier alpha value is -1.85. The fourth-order valence-electron chi connectivity index (χ4n) is 3.25. The third kappa shape index (κ3) is 2.54. The van der Waals surface area contributed by atoms with Gasteiger partial charge in [0.2, 0.25) is 0 Å². The lowest BCUT2D eigenvalue weighted by molar-refractivity contribution is 0.548. The fourth-order valence-corrected chi connectivity index (χ4v) is 4.72. The maximum Gasteiger partial charge on any atom is 0.322 e. The summed E-state index contributed by atoms with van der Waals surface area (Å²) in [7, 11) is 0. The zero-order valence-electron chi connectivity index (χ0n) is 13.3. The minimum absolute atomic E-state index is 0.0669. The number of H-pyrrole nitrogens is 1. The number of hydrogen-bond acceptors (Lipinski definition) is 3. The van der Waals surface area contributed by atoms with Gasteiger partial charge in [0, 0.05) is 23.8 Å². The average Bonchev–Trinajstić information content (AvgIpc) is 2.97. The number of benzene rings is 1. The molecule has 118 valence electrons. The van der Waals surface area contributed by atoms with Gasteiger partial charge in [0.05, 0.1) is 16.7 Å². The van der Waals surface area contributed by atoms with Crippen molar-refractivity contribution in [2.75, 3.05) is 0 Å². The van der Waals surface area contributed by atoms with Crippen LogP contribution in [-0.2, 0) is 17.6 Å². The van der Waals surface area contributed by atoms with Crippen molar-refractivity contribution in [3.63, 3.8) is 0 Å². The van der Waals surface area contributed by atoms with Gasteiger partial charge in [-0.3, -0.25) is 9.97 Å². The van der Waals surface area contributed by atoms with E-state index in [4.69, 9.17) is 0 Å². The van der Waals surface area contributed by atoms with Crippen LogP contribution in [0.25, 0.3) is 11.0 Å². The molecule has 4 rings (SSSR count). The smallest absolute Gasteiger partial charge is 0.322 e. The van der Waals surface area contributed by atoms with E-state index in [2.05, 4.69) is 47.0 Å². The van der Waals surface area contributed by atoms with Crippen LogP contribution in [0.5, 0.6) is 0 Å². The van der Waals surface area contributed by atoms with Gasteiger partial charge >= 0.3 is 5.16 Å². The molecule has 0 amide bonds. The first-order chi connectivity index (χ1) is 11.1. The summed E-state index contributed by atoms with van der Waals surface area (Å²) in [6, 6.07) is 8.17. The number of aryl methyl sites for hydroxylation is 3. The van der Waals surface area contributed by atoms with E-state index in [0.717, 1.165) is 36.0 Å². The quantitative estimate of drug-likeness (QED) is 0.730. The largest absolute Gasteiger partial charge is 0.608 e. The van der Waals surface area contributed by atoms with Crippen molar-refractivity contribution in [1.29, 1.82) is 0 Å². The van der Waals surface area contributed by atoms with Gasteiger partial charge in [0.15, 0.2) is 5.25 Å². The van der Waals surface area contributed by atoms with Crippen LogP contribution in [0.4, 0.5) is 0 Å². The highest BCUT2D eigenvalue weighted by Gasteiger charge is 2.34. The van der Waals surface area contributed by atoms with Gasteiger partial charge in [0.1, 0.15) is 0 Å². The minimum atomic E-state index is -1.21. The van der Waals surface area contributed by atoms with E-state index < -0.39 is 11.2 Å².